The highest BCUT2D eigenvalue weighted by Gasteiger charge is 2.18. The van der Waals surface area contributed by atoms with Crippen LogP contribution in [0, 0.1) is 0 Å². The van der Waals surface area contributed by atoms with Crippen LogP contribution in [0.3, 0.4) is 0 Å². The first-order valence-corrected chi connectivity index (χ1v) is 6.21. The second-order valence-electron chi connectivity index (χ2n) is 4.75. The SMILES string of the molecule is C[C@H](N)c1ccnc(N(C)CC2CCCO2)c1. The molecule has 0 aromatic carbocycles. The molecule has 1 aliphatic rings. The van der Waals surface area contributed by atoms with E-state index in [1.807, 2.05) is 19.2 Å². The number of aromatic nitrogens is 1. The van der Waals surface area contributed by atoms with E-state index in [2.05, 4.69) is 23.0 Å². The summed E-state index contributed by atoms with van der Waals surface area (Å²) in [6.45, 7) is 3.78. The maximum atomic E-state index is 5.88. The molecule has 94 valence electrons. The van der Waals surface area contributed by atoms with E-state index >= 15 is 0 Å². The van der Waals surface area contributed by atoms with E-state index < -0.39 is 0 Å². The fourth-order valence-electron chi connectivity index (χ4n) is 2.11. The Hall–Kier alpha value is -1.13. The fourth-order valence-corrected chi connectivity index (χ4v) is 2.11. The molecule has 0 bridgehead atoms. The van der Waals surface area contributed by atoms with Crippen LogP contribution in [-0.4, -0.2) is 31.3 Å². The van der Waals surface area contributed by atoms with Gasteiger partial charge in [0.1, 0.15) is 5.82 Å². The van der Waals surface area contributed by atoms with Crippen molar-refractivity contribution in [2.75, 3.05) is 25.1 Å². The van der Waals surface area contributed by atoms with Gasteiger partial charge in [0.25, 0.3) is 0 Å². The summed E-state index contributed by atoms with van der Waals surface area (Å²) < 4.78 is 5.63. The minimum absolute atomic E-state index is 0.0490. The molecular formula is C13H21N3O. The van der Waals surface area contributed by atoms with E-state index in [0.29, 0.717) is 6.10 Å². The summed E-state index contributed by atoms with van der Waals surface area (Å²) in [7, 11) is 2.05. The molecule has 1 unspecified atom stereocenters. The standard InChI is InChI=1S/C13H21N3O/c1-10(14)11-5-6-15-13(8-11)16(2)9-12-4-3-7-17-12/h5-6,8,10,12H,3-4,7,9,14H2,1-2H3/t10-,12?/m0/s1. The third kappa shape index (κ3) is 3.17. The number of ether oxygens (including phenoxy) is 1. The number of rotatable bonds is 4. The Morgan fingerprint density at radius 3 is 3.12 bits per heavy atom. The molecule has 2 rings (SSSR count). The van der Waals surface area contributed by atoms with Gasteiger partial charge in [-0.1, -0.05) is 0 Å². The number of hydrogen-bond donors (Lipinski definition) is 1. The van der Waals surface area contributed by atoms with E-state index in [1.54, 1.807) is 0 Å². The molecule has 1 aromatic heterocycles. The van der Waals surface area contributed by atoms with Gasteiger partial charge >= 0.3 is 0 Å². The van der Waals surface area contributed by atoms with Gasteiger partial charge in [0.05, 0.1) is 6.10 Å². The average molecular weight is 235 g/mol. The molecule has 4 nitrogen and oxygen atoms in total. The zero-order chi connectivity index (χ0) is 12.3. The Kier molecular flexibility index (Phi) is 3.97. The Morgan fingerprint density at radius 1 is 1.65 bits per heavy atom. The molecule has 2 N–H and O–H groups in total. The maximum Gasteiger partial charge on any atom is 0.128 e. The van der Waals surface area contributed by atoms with Crippen molar-refractivity contribution in [1.29, 1.82) is 0 Å². The second-order valence-corrected chi connectivity index (χ2v) is 4.75. The summed E-state index contributed by atoms with van der Waals surface area (Å²) in [6, 6.07) is 4.07. The number of likely N-dealkylation sites (N-methyl/N-ethyl adjacent to an activating group) is 1. The lowest BCUT2D eigenvalue weighted by atomic mass is 10.1. The van der Waals surface area contributed by atoms with Crippen molar-refractivity contribution < 1.29 is 4.74 Å². The van der Waals surface area contributed by atoms with E-state index in [4.69, 9.17) is 10.5 Å². The molecule has 1 saturated heterocycles. The Bertz CT molecular complexity index is 361. The molecular weight excluding hydrogens is 214 g/mol. The normalized spacial score (nSPS) is 21.5. The smallest absolute Gasteiger partial charge is 0.128 e. The number of hydrogen-bond acceptors (Lipinski definition) is 4. The van der Waals surface area contributed by atoms with Gasteiger partial charge in [-0.05, 0) is 37.5 Å². The number of pyridine rings is 1. The van der Waals surface area contributed by atoms with E-state index in [9.17, 15) is 0 Å². The predicted octanol–water partition coefficient (Wildman–Crippen LogP) is 1.72. The quantitative estimate of drug-likeness (QED) is 0.863. The van der Waals surface area contributed by atoms with Crippen molar-refractivity contribution in [2.45, 2.75) is 31.9 Å². The topological polar surface area (TPSA) is 51.4 Å². The lowest BCUT2D eigenvalue weighted by Crippen LogP contribution is -2.29. The summed E-state index contributed by atoms with van der Waals surface area (Å²) in [6.07, 6.45) is 4.49. The molecule has 0 radical (unpaired) electrons. The lowest BCUT2D eigenvalue weighted by molar-refractivity contribution is 0.116. The minimum Gasteiger partial charge on any atom is -0.376 e. The van der Waals surface area contributed by atoms with Gasteiger partial charge < -0.3 is 15.4 Å². The maximum absolute atomic E-state index is 5.88. The number of nitrogens with two attached hydrogens (primary N) is 1. The van der Waals surface area contributed by atoms with Gasteiger partial charge in [-0.2, -0.15) is 0 Å². The average Bonchev–Trinajstić information content (AvgIpc) is 2.82. The van der Waals surface area contributed by atoms with Gasteiger partial charge in [-0.15, -0.1) is 0 Å². The van der Waals surface area contributed by atoms with Crippen LogP contribution < -0.4 is 10.6 Å². The van der Waals surface area contributed by atoms with Gasteiger partial charge in [-0.25, -0.2) is 4.98 Å². The van der Waals surface area contributed by atoms with Crippen LogP contribution in [-0.2, 0) is 4.74 Å². The second kappa shape index (κ2) is 5.47. The first-order valence-electron chi connectivity index (χ1n) is 6.21. The van der Waals surface area contributed by atoms with Gasteiger partial charge in [0.2, 0.25) is 0 Å². The van der Waals surface area contributed by atoms with E-state index in [-0.39, 0.29) is 6.04 Å². The molecule has 1 fully saturated rings. The van der Waals surface area contributed by atoms with Gasteiger partial charge in [0.15, 0.2) is 0 Å². The number of anilines is 1. The van der Waals surface area contributed by atoms with Crippen LogP contribution >= 0.6 is 0 Å². The van der Waals surface area contributed by atoms with Crippen LogP contribution in [0.2, 0.25) is 0 Å². The van der Waals surface area contributed by atoms with E-state index in [1.165, 1.54) is 6.42 Å². The largest absolute Gasteiger partial charge is 0.376 e. The zero-order valence-corrected chi connectivity index (χ0v) is 10.6. The minimum atomic E-state index is 0.0490. The van der Waals surface area contributed by atoms with Crippen LogP contribution in [0.5, 0.6) is 0 Å². The molecule has 0 spiro atoms. The molecule has 1 aliphatic heterocycles. The third-order valence-electron chi connectivity index (χ3n) is 3.19. The van der Waals surface area contributed by atoms with Crippen molar-refractivity contribution in [3.8, 4) is 0 Å². The first kappa shape index (κ1) is 12.3. The molecule has 2 heterocycles. The predicted molar refractivity (Wildman–Crippen MR) is 69.1 cm³/mol. The molecule has 4 heteroatoms. The molecule has 0 aliphatic carbocycles. The molecule has 2 atom stereocenters. The van der Waals surface area contributed by atoms with Gasteiger partial charge in [0, 0.05) is 32.4 Å². The Balaban J connectivity index is 2.02. The fraction of sp³-hybridized carbons (Fsp3) is 0.615. The summed E-state index contributed by atoms with van der Waals surface area (Å²) in [4.78, 5) is 6.52. The van der Waals surface area contributed by atoms with Crippen molar-refractivity contribution in [1.82, 2.24) is 4.98 Å². The highest BCUT2D eigenvalue weighted by Crippen LogP contribution is 2.18. The molecule has 0 saturated carbocycles. The van der Waals surface area contributed by atoms with Crippen molar-refractivity contribution in [2.24, 2.45) is 5.73 Å². The van der Waals surface area contributed by atoms with Gasteiger partial charge in [-0.3, -0.25) is 0 Å². The number of nitrogens with zero attached hydrogens (tertiary/aromatic N) is 2. The van der Waals surface area contributed by atoms with E-state index in [0.717, 1.165) is 31.0 Å². The lowest BCUT2D eigenvalue weighted by Gasteiger charge is -2.22. The molecule has 0 amide bonds. The van der Waals surface area contributed by atoms with Crippen molar-refractivity contribution in [3.05, 3.63) is 23.9 Å². The molecule has 17 heavy (non-hydrogen) atoms. The van der Waals surface area contributed by atoms with Crippen LogP contribution in [0.25, 0.3) is 0 Å². The van der Waals surface area contributed by atoms with Crippen molar-refractivity contribution in [3.63, 3.8) is 0 Å². The van der Waals surface area contributed by atoms with Crippen molar-refractivity contribution >= 4 is 5.82 Å². The summed E-state index contributed by atoms with van der Waals surface area (Å²) in [5.74, 6) is 0.968. The zero-order valence-electron chi connectivity index (χ0n) is 10.6. The summed E-state index contributed by atoms with van der Waals surface area (Å²) in [5.41, 5.74) is 6.99. The first-order chi connectivity index (χ1) is 8.16. The third-order valence-corrected chi connectivity index (χ3v) is 3.19. The van der Waals surface area contributed by atoms with Crippen LogP contribution in [0.4, 0.5) is 5.82 Å². The van der Waals surface area contributed by atoms with Crippen LogP contribution in [0.15, 0.2) is 18.3 Å². The summed E-state index contributed by atoms with van der Waals surface area (Å²) >= 11 is 0. The van der Waals surface area contributed by atoms with Crippen LogP contribution in [0.1, 0.15) is 31.4 Å². The Morgan fingerprint density at radius 2 is 2.47 bits per heavy atom. The summed E-state index contributed by atoms with van der Waals surface area (Å²) in [5, 5.41) is 0. The highest BCUT2D eigenvalue weighted by atomic mass is 16.5. The monoisotopic (exact) mass is 235 g/mol. The molecule has 1 aromatic rings. The highest BCUT2D eigenvalue weighted by molar-refractivity contribution is 5.41. The Labute approximate surface area is 103 Å².